The second-order valence-electron chi connectivity index (χ2n) is 0.204. The van der Waals surface area contributed by atoms with E-state index >= 15 is 0 Å². The van der Waals surface area contributed by atoms with Gasteiger partial charge in [0.2, 0.25) is 0 Å². The van der Waals surface area contributed by atoms with Crippen LogP contribution in [0.2, 0.25) is 0 Å². The van der Waals surface area contributed by atoms with Gasteiger partial charge < -0.3 is 27.4 Å². The minimum Gasteiger partial charge on any atom is 1.00 e. The van der Waals surface area contributed by atoms with E-state index in [0.29, 0.717) is 0 Å². The molecule has 0 saturated carbocycles. The van der Waals surface area contributed by atoms with Crippen LogP contribution in [-0.2, 0) is 3.83 Å². The zero-order chi connectivity index (χ0) is 3.58. The van der Waals surface area contributed by atoms with Crippen LogP contribution in [0, 0.1) is 0 Å². The summed E-state index contributed by atoms with van der Waals surface area (Å²) in [6.45, 7) is 0. The van der Waals surface area contributed by atoms with Crippen LogP contribution in [-0.4, -0.2) is 41.9 Å². The molecule has 0 saturated heterocycles. The molecule has 10 heavy (non-hydrogen) atoms. The topological polar surface area (TPSA) is 221 Å². The van der Waals surface area contributed by atoms with Crippen LogP contribution < -0.4 is 37.9 Å². The van der Waals surface area contributed by atoms with Crippen molar-refractivity contribution in [3.8, 4) is 0 Å². The van der Waals surface area contributed by atoms with E-state index in [1.807, 2.05) is 0 Å². The van der Waals surface area contributed by atoms with Gasteiger partial charge in [0, 0.05) is 0 Å². The van der Waals surface area contributed by atoms with Gasteiger partial charge in [-0.05, 0) is 0 Å². The van der Waals surface area contributed by atoms with E-state index < -0.39 is 14.5 Å². The number of hydrogen-bond acceptors (Lipinski definition) is 3. The zero-order valence-electron chi connectivity index (χ0n) is 5.13. The van der Waals surface area contributed by atoms with Crippen molar-refractivity contribution in [2.45, 2.75) is 0 Å². The summed E-state index contributed by atoms with van der Waals surface area (Å²) in [6, 6.07) is 0. The molecular formula is H10NaO8Se-. The first kappa shape index (κ1) is 68.2. The van der Waals surface area contributed by atoms with E-state index in [0.717, 1.165) is 0 Å². The quantitative estimate of drug-likeness (QED) is 0.376. The Labute approximate surface area is 83.4 Å². The molecule has 0 aromatic rings. The molecule has 0 aromatic heterocycles. The van der Waals surface area contributed by atoms with Crippen molar-refractivity contribution in [1.82, 2.24) is 0 Å². The minimum atomic E-state index is -3.79. The standard InChI is InChI=1S/Na.H2O3Se.5H2O/c;1-4(2)3;;;;;/h;(H2,1,2,3);5*1H2/q+1;;;;;;/p-2. The van der Waals surface area contributed by atoms with Crippen molar-refractivity contribution >= 4 is 14.5 Å². The maximum absolute atomic E-state index is 8.54. The third kappa shape index (κ3) is 541. The van der Waals surface area contributed by atoms with Crippen molar-refractivity contribution in [2.24, 2.45) is 0 Å². The molecule has 0 radical (unpaired) electrons. The van der Waals surface area contributed by atoms with Crippen LogP contribution in [0.5, 0.6) is 0 Å². The van der Waals surface area contributed by atoms with Crippen molar-refractivity contribution in [3.05, 3.63) is 0 Å². The molecule has 10 heteroatoms. The van der Waals surface area contributed by atoms with Crippen LogP contribution in [0.1, 0.15) is 0 Å². The second-order valence-corrected chi connectivity index (χ2v) is 1.06. The van der Waals surface area contributed by atoms with Gasteiger partial charge in [0.05, 0.1) is 0 Å². The summed E-state index contributed by atoms with van der Waals surface area (Å²) < 4.78 is 25.6. The smallest absolute Gasteiger partial charge is 1.00 e. The molecule has 0 fully saturated rings. The molecule has 0 atom stereocenters. The van der Waals surface area contributed by atoms with Crippen LogP contribution in [0.15, 0.2) is 0 Å². The van der Waals surface area contributed by atoms with Gasteiger partial charge in [-0.1, -0.05) is 0 Å². The Morgan fingerprint density at radius 1 is 0.800 bits per heavy atom. The molecule has 0 bridgehead atoms. The molecule has 0 rings (SSSR count). The zero-order valence-corrected chi connectivity index (χ0v) is 8.85. The summed E-state index contributed by atoms with van der Waals surface area (Å²) in [4.78, 5) is 0. The third-order valence-corrected chi connectivity index (χ3v) is 0. The van der Waals surface area contributed by atoms with Crippen LogP contribution in [0.25, 0.3) is 0 Å². The fourth-order valence-electron chi connectivity index (χ4n) is 0. The Morgan fingerprint density at radius 2 is 0.800 bits per heavy atom. The van der Waals surface area contributed by atoms with Gasteiger partial charge in [0.25, 0.3) is 0 Å². The maximum Gasteiger partial charge on any atom is 1.00 e. The molecular weight excluding hydrogens is 230 g/mol. The summed E-state index contributed by atoms with van der Waals surface area (Å²) in [5.74, 6) is 0. The van der Waals surface area contributed by atoms with Crippen LogP contribution in [0.4, 0.5) is 0 Å². The van der Waals surface area contributed by atoms with Crippen LogP contribution in [0.3, 0.4) is 0 Å². The van der Waals surface area contributed by atoms with Gasteiger partial charge in [-0.2, -0.15) is 0 Å². The van der Waals surface area contributed by atoms with E-state index in [1.54, 1.807) is 0 Å². The first-order valence-corrected chi connectivity index (χ1v) is 2.60. The predicted molar refractivity (Wildman–Crippen MR) is 24.5 cm³/mol. The average molecular weight is 240 g/mol. The molecule has 66 valence electrons. The van der Waals surface area contributed by atoms with Crippen molar-refractivity contribution in [3.63, 3.8) is 0 Å². The monoisotopic (exact) mass is 241 g/mol. The minimum absolute atomic E-state index is 0. The van der Waals surface area contributed by atoms with Crippen molar-refractivity contribution in [1.29, 1.82) is 0 Å². The fourth-order valence-corrected chi connectivity index (χ4v) is 0. The molecule has 0 aliphatic carbocycles. The van der Waals surface area contributed by atoms with E-state index in [9.17, 15) is 0 Å². The molecule has 0 aromatic carbocycles. The maximum atomic E-state index is 8.54. The first-order valence-electron chi connectivity index (χ1n) is 0.500. The Hall–Kier alpha value is 1.04. The summed E-state index contributed by atoms with van der Waals surface area (Å²) in [5.41, 5.74) is 0. The summed E-state index contributed by atoms with van der Waals surface area (Å²) in [7, 11) is 0. The van der Waals surface area contributed by atoms with E-state index in [2.05, 4.69) is 0 Å². The molecule has 8 nitrogen and oxygen atoms in total. The van der Waals surface area contributed by atoms with E-state index in [4.69, 9.17) is 12.2 Å². The van der Waals surface area contributed by atoms with Gasteiger partial charge in [0.15, 0.2) is 0 Å². The Bertz CT molecular complexity index is 32.2. The number of rotatable bonds is 0. The SMILES string of the molecule is O.O.O.O.O.O=[Se]([O-])[O-].[Na+]. The van der Waals surface area contributed by atoms with Gasteiger partial charge >= 0.3 is 56.3 Å². The summed E-state index contributed by atoms with van der Waals surface area (Å²) in [6.07, 6.45) is 0. The van der Waals surface area contributed by atoms with Crippen LogP contribution >= 0.6 is 0 Å². The average Bonchev–Trinajstić information content (AvgIpc) is 0.811. The fraction of sp³-hybridized carbons (Fsp3) is 0. The van der Waals surface area contributed by atoms with Gasteiger partial charge in [-0.3, -0.25) is 0 Å². The normalized spacial score (nSPS) is 3.50. The summed E-state index contributed by atoms with van der Waals surface area (Å²) >= 11 is -3.79. The van der Waals surface area contributed by atoms with Crippen molar-refractivity contribution < 1.29 is 69.2 Å². The van der Waals surface area contributed by atoms with Gasteiger partial charge in [-0.25, -0.2) is 0 Å². The van der Waals surface area contributed by atoms with Gasteiger partial charge in [0.1, 0.15) is 0 Å². The van der Waals surface area contributed by atoms with Gasteiger partial charge in [-0.15, -0.1) is 0 Å². The molecule has 0 heterocycles. The molecule has 10 N–H and O–H groups in total. The Morgan fingerprint density at radius 3 is 0.800 bits per heavy atom. The van der Waals surface area contributed by atoms with E-state index in [-0.39, 0.29) is 56.9 Å². The Kier molecular flexibility index (Phi) is 343. The predicted octanol–water partition coefficient (Wildman–Crippen LogP) is -10.00. The second kappa shape index (κ2) is 50.3. The molecule has 0 aliphatic rings. The molecule has 0 amide bonds. The molecule has 0 aliphatic heterocycles. The van der Waals surface area contributed by atoms with Crippen molar-refractivity contribution in [2.75, 3.05) is 0 Å². The van der Waals surface area contributed by atoms with E-state index in [1.165, 1.54) is 0 Å². The molecule has 0 spiro atoms. The molecule has 0 unspecified atom stereocenters. The number of hydrogen-bond donors (Lipinski definition) is 0. The first-order chi connectivity index (χ1) is 1.73. The summed E-state index contributed by atoms with van der Waals surface area (Å²) in [5, 5.41) is 0. The Balaban J connectivity index is -0.00000000300. The largest absolute Gasteiger partial charge is 1.00 e. The third-order valence-electron chi connectivity index (χ3n) is 0.